The molecule has 0 fully saturated rings. The van der Waals surface area contributed by atoms with Crippen molar-refractivity contribution in [1.29, 1.82) is 0 Å². The summed E-state index contributed by atoms with van der Waals surface area (Å²) < 4.78 is 0. The van der Waals surface area contributed by atoms with Gasteiger partial charge in [-0.25, -0.2) is 0 Å². The Morgan fingerprint density at radius 2 is 1.31 bits per heavy atom. The molecule has 0 saturated carbocycles. The molecule has 0 heterocycles. The molecular weight excluding hydrogens is 350 g/mol. The molecule has 16 heavy (non-hydrogen) atoms. The van der Waals surface area contributed by atoms with Gasteiger partial charge in [-0.05, 0) is 0 Å². The van der Waals surface area contributed by atoms with Crippen LogP contribution in [0, 0.1) is 5.54 Å². The van der Waals surface area contributed by atoms with Crippen LogP contribution < -0.4 is 0 Å². The van der Waals surface area contributed by atoms with Gasteiger partial charge in [-0.1, -0.05) is 62.7 Å². The molecule has 0 aromatic carbocycles. The average molecular weight is 372 g/mol. The van der Waals surface area contributed by atoms with E-state index in [-0.39, 0.29) is 0 Å². The summed E-state index contributed by atoms with van der Waals surface area (Å²) >= 11 is -0.826. The monoisotopic (exact) mass is 369 g/mol. The average Bonchev–Trinajstić information content (AvgIpc) is 2.49. The van der Waals surface area contributed by atoms with Crippen LogP contribution >= 0.6 is 17.0 Å². The molecule has 0 N–H and O–H groups in total. The Balaban J connectivity index is 0.000000673. The molecule has 1 radical (unpaired) electrons. The van der Waals surface area contributed by atoms with Gasteiger partial charge < -0.3 is 0 Å². The zero-order valence-electron chi connectivity index (χ0n) is 11.0. The van der Waals surface area contributed by atoms with Gasteiger partial charge in [-0.3, -0.25) is 0 Å². The first-order valence-corrected chi connectivity index (χ1v) is 18.7. The fourth-order valence-corrected chi connectivity index (χ4v) is 3.86. The Labute approximate surface area is 121 Å². The van der Waals surface area contributed by atoms with Crippen molar-refractivity contribution < 1.29 is 20.8 Å². The molecule has 5 heteroatoms. The topological polar surface area (TPSA) is 0 Å². The summed E-state index contributed by atoms with van der Waals surface area (Å²) in [6.07, 6.45) is 7.15. The Morgan fingerprint density at radius 1 is 0.875 bits per heavy atom. The summed E-state index contributed by atoms with van der Waals surface area (Å²) in [5.74, 6) is 0. The van der Waals surface area contributed by atoms with E-state index in [4.69, 9.17) is 17.0 Å². The van der Waals surface area contributed by atoms with Gasteiger partial charge in [-0.15, -0.1) is 0 Å². The maximum atomic E-state index is 4.93. The summed E-state index contributed by atoms with van der Waals surface area (Å²) in [5, 5.41) is 1.62. The first-order chi connectivity index (χ1) is 7.12. The van der Waals surface area contributed by atoms with Gasteiger partial charge in [-0.2, -0.15) is 0 Å². The van der Waals surface area contributed by atoms with Crippen LogP contribution in [0.1, 0.15) is 0 Å². The Kier molecular flexibility index (Phi) is 7.70. The third kappa shape index (κ3) is 6.35. The number of hydrogen-bond acceptors (Lipinski definition) is 0. The van der Waals surface area contributed by atoms with Crippen molar-refractivity contribution in [3.05, 3.63) is 29.0 Å². The van der Waals surface area contributed by atoms with Gasteiger partial charge in [0.05, 0.1) is 16.1 Å². The van der Waals surface area contributed by atoms with Gasteiger partial charge >= 0.3 is 37.9 Å². The number of hydrogen-bond donors (Lipinski definition) is 0. The zero-order valence-corrected chi connectivity index (χ0v) is 17.0. The molecule has 0 aliphatic heterocycles. The Morgan fingerprint density at radius 3 is 1.50 bits per heavy atom. The molecule has 1 aliphatic rings. The van der Waals surface area contributed by atoms with Crippen LogP contribution in [0.5, 0.6) is 0 Å². The van der Waals surface area contributed by atoms with Crippen molar-refractivity contribution in [2.24, 2.45) is 0 Å². The van der Waals surface area contributed by atoms with E-state index in [1.54, 1.807) is 10.7 Å². The SMILES string of the molecule is C[Si](C)(C)[C]1C=CC([Si](C)(C)C)=C1.[Cl][Zr][Cl]. The van der Waals surface area contributed by atoms with E-state index in [9.17, 15) is 0 Å². The summed E-state index contributed by atoms with van der Waals surface area (Å²) in [6, 6.07) is 0. The summed E-state index contributed by atoms with van der Waals surface area (Å²) in [4.78, 5) is 0. The van der Waals surface area contributed by atoms with E-state index in [0.717, 1.165) is 0 Å². The second-order valence-corrected chi connectivity index (χ2v) is 19.8. The van der Waals surface area contributed by atoms with E-state index >= 15 is 0 Å². The van der Waals surface area contributed by atoms with Crippen LogP contribution in [0.4, 0.5) is 0 Å². The third-order valence-electron chi connectivity index (χ3n) is 2.49. The van der Waals surface area contributed by atoms with Crippen LogP contribution in [-0.4, -0.2) is 16.1 Å². The van der Waals surface area contributed by atoms with Crippen LogP contribution in [0.2, 0.25) is 39.3 Å². The second kappa shape index (κ2) is 7.09. The van der Waals surface area contributed by atoms with E-state index < -0.39 is 37.0 Å². The number of allylic oxidation sites excluding steroid dienone is 4. The van der Waals surface area contributed by atoms with Crippen LogP contribution in [0.15, 0.2) is 23.4 Å². The normalized spacial score (nSPS) is 16.6. The molecule has 0 unspecified atom stereocenters. The van der Waals surface area contributed by atoms with Crippen molar-refractivity contribution >= 4 is 33.2 Å². The van der Waals surface area contributed by atoms with Crippen molar-refractivity contribution in [3.63, 3.8) is 0 Å². The van der Waals surface area contributed by atoms with E-state index in [1.807, 2.05) is 0 Å². The fraction of sp³-hybridized carbons (Fsp3) is 0.545. The Hall–Kier alpha value is 1.38. The molecule has 1 rings (SSSR count). The predicted octanol–water partition coefficient (Wildman–Crippen LogP) is 5.19. The molecule has 0 bridgehead atoms. The third-order valence-corrected chi connectivity index (χ3v) is 6.57. The molecule has 0 nitrogen and oxygen atoms in total. The molecule has 0 aromatic rings. The van der Waals surface area contributed by atoms with Crippen molar-refractivity contribution in [2.75, 3.05) is 0 Å². The van der Waals surface area contributed by atoms with Gasteiger partial charge in [0.15, 0.2) is 0 Å². The molecular formula is C11H21Cl2Si2Zr. The predicted molar refractivity (Wildman–Crippen MR) is 78.9 cm³/mol. The van der Waals surface area contributed by atoms with Gasteiger partial charge in [0.1, 0.15) is 0 Å². The molecule has 0 amide bonds. The molecule has 0 aromatic heterocycles. The molecule has 1 aliphatic carbocycles. The van der Waals surface area contributed by atoms with Crippen molar-refractivity contribution in [1.82, 2.24) is 0 Å². The first-order valence-electron chi connectivity index (χ1n) is 5.37. The molecule has 91 valence electrons. The van der Waals surface area contributed by atoms with Gasteiger partial charge in [0.2, 0.25) is 0 Å². The van der Waals surface area contributed by atoms with Crippen molar-refractivity contribution in [3.8, 4) is 0 Å². The molecule has 0 atom stereocenters. The minimum atomic E-state index is -1.07. The van der Waals surface area contributed by atoms with E-state index in [2.05, 4.69) is 57.5 Å². The van der Waals surface area contributed by atoms with E-state index in [1.165, 1.54) is 0 Å². The van der Waals surface area contributed by atoms with Crippen LogP contribution in [0.3, 0.4) is 0 Å². The summed E-state index contributed by atoms with van der Waals surface area (Å²) in [6.45, 7) is 14.5. The summed E-state index contributed by atoms with van der Waals surface area (Å²) in [7, 11) is 7.73. The van der Waals surface area contributed by atoms with E-state index in [0.29, 0.717) is 0 Å². The fourth-order valence-electron chi connectivity index (χ4n) is 1.38. The van der Waals surface area contributed by atoms with Crippen LogP contribution in [0.25, 0.3) is 0 Å². The second-order valence-electron chi connectivity index (χ2n) is 5.96. The number of rotatable bonds is 2. The van der Waals surface area contributed by atoms with Gasteiger partial charge in [0.25, 0.3) is 0 Å². The quantitative estimate of drug-likeness (QED) is 0.586. The zero-order chi connectivity index (χ0) is 13.0. The first kappa shape index (κ1) is 17.4. The van der Waals surface area contributed by atoms with Gasteiger partial charge in [0, 0.05) is 5.54 Å². The van der Waals surface area contributed by atoms with Crippen LogP contribution in [-0.2, 0) is 20.8 Å². The minimum absolute atomic E-state index is 0.826. The summed E-state index contributed by atoms with van der Waals surface area (Å²) in [5.41, 5.74) is 1.62. The Bertz CT molecular complexity index is 275. The maximum absolute atomic E-state index is 4.93. The standard InChI is InChI=1S/C11H21Si2.2ClH.Zr/c1-12(2,3)10-7-8-11(9-10)13(4,5)6;;;/h7-9H,1-6H3;2*1H;/q;;;+2/p-2. The molecule has 0 saturated heterocycles. The number of halogens is 2. The molecule has 0 spiro atoms. The van der Waals surface area contributed by atoms with Crippen molar-refractivity contribution in [2.45, 2.75) is 39.3 Å².